The van der Waals surface area contributed by atoms with Crippen molar-refractivity contribution in [2.24, 2.45) is 5.73 Å². The highest BCUT2D eigenvalue weighted by molar-refractivity contribution is 7.80. The monoisotopic (exact) mass is 297 g/mol. The lowest BCUT2D eigenvalue weighted by Crippen LogP contribution is -2.41. The number of thiocarbonyl (C=S) groups is 1. The van der Waals surface area contributed by atoms with Gasteiger partial charge >= 0.3 is 0 Å². The lowest BCUT2D eigenvalue weighted by atomic mass is 10.2. The fraction of sp³-hybridized carbons (Fsp3) is 0.462. The van der Waals surface area contributed by atoms with Crippen LogP contribution in [0.25, 0.3) is 0 Å². The van der Waals surface area contributed by atoms with Crippen LogP contribution in [0.5, 0.6) is 0 Å². The minimum absolute atomic E-state index is 0.0249. The maximum atomic E-state index is 12.2. The highest BCUT2D eigenvalue weighted by Gasteiger charge is 2.13. The summed E-state index contributed by atoms with van der Waals surface area (Å²) in [6.45, 7) is 3.90. The molecule has 1 unspecified atom stereocenters. The number of nitrogens with one attached hydrogen (secondary N) is 1. The Morgan fingerprint density at radius 1 is 1.55 bits per heavy atom. The molecule has 1 heterocycles. The molecule has 1 amide bonds. The highest BCUT2D eigenvalue weighted by atomic mass is 32.1. The van der Waals surface area contributed by atoms with Gasteiger partial charge < -0.3 is 20.4 Å². The Bertz CT molecular complexity index is 568. The number of methoxy groups -OCH3 is 1. The molecule has 1 atom stereocenters. The van der Waals surface area contributed by atoms with Gasteiger partial charge in [0.05, 0.1) is 12.2 Å². The predicted octanol–water partition coefficient (Wildman–Crippen LogP) is -0.0580. The zero-order valence-electron chi connectivity index (χ0n) is 11.8. The van der Waals surface area contributed by atoms with Crippen LogP contribution in [-0.4, -0.2) is 35.2 Å². The molecule has 6 nitrogen and oxygen atoms in total. The van der Waals surface area contributed by atoms with Crippen LogP contribution in [0.3, 0.4) is 0 Å². The first kappa shape index (κ1) is 16.3. The van der Waals surface area contributed by atoms with Crippen molar-refractivity contribution in [3.63, 3.8) is 0 Å². The second kappa shape index (κ2) is 7.16. The van der Waals surface area contributed by atoms with Gasteiger partial charge in [-0.05, 0) is 26.0 Å². The number of rotatable bonds is 6. The molecule has 3 N–H and O–H groups in total. The van der Waals surface area contributed by atoms with E-state index in [4.69, 9.17) is 22.7 Å². The van der Waals surface area contributed by atoms with Crippen LogP contribution in [0.4, 0.5) is 0 Å². The summed E-state index contributed by atoms with van der Waals surface area (Å²) in [5.41, 5.74) is 6.04. The fourth-order valence-electron chi connectivity index (χ4n) is 1.81. The zero-order chi connectivity index (χ0) is 15.3. The van der Waals surface area contributed by atoms with E-state index in [1.165, 1.54) is 4.57 Å². The lowest BCUT2D eigenvalue weighted by molar-refractivity contribution is -0.122. The van der Waals surface area contributed by atoms with Crippen LogP contribution in [0, 0.1) is 6.92 Å². The topological polar surface area (TPSA) is 86.3 Å². The van der Waals surface area contributed by atoms with Gasteiger partial charge in [-0.15, -0.1) is 0 Å². The number of carbonyl (C=O) groups excluding carboxylic acids is 1. The molecule has 1 aromatic heterocycles. The summed E-state index contributed by atoms with van der Waals surface area (Å²) in [5.74, 6) is -0.264. The van der Waals surface area contributed by atoms with E-state index in [1.54, 1.807) is 26.2 Å². The predicted molar refractivity (Wildman–Crippen MR) is 80.8 cm³/mol. The average molecular weight is 297 g/mol. The largest absolute Gasteiger partial charge is 0.389 e. The molecule has 0 saturated heterocycles. The van der Waals surface area contributed by atoms with Gasteiger partial charge in [0.15, 0.2) is 0 Å². The number of carbonyl (C=O) groups is 1. The maximum Gasteiger partial charge on any atom is 0.261 e. The summed E-state index contributed by atoms with van der Waals surface area (Å²) in [4.78, 5) is 24.1. The van der Waals surface area contributed by atoms with Crippen molar-refractivity contribution in [2.45, 2.75) is 26.4 Å². The summed E-state index contributed by atoms with van der Waals surface area (Å²) in [6, 6.07) is 3.16. The van der Waals surface area contributed by atoms with Crippen molar-refractivity contribution in [3.8, 4) is 0 Å². The Hall–Kier alpha value is -1.73. The molecule has 110 valence electrons. The minimum atomic E-state index is -0.355. The van der Waals surface area contributed by atoms with Gasteiger partial charge in [-0.25, -0.2) is 0 Å². The van der Waals surface area contributed by atoms with Crippen molar-refractivity contribution < 1.29 is 9.53 Å². The molecule has 0 saturated carbocycles. The average Bonchev–Trinajstić information content (AvgIpc) is 2.34. The van der Waals surface area contributed by atoms with Gasteiger partial charge in [-0.1, -0.05) is 12.2 Å². The molecule has 7 heteroatoms. The molecule has 0 aliphatic carbocycles. The number of amides is 1. The summed E-state index contributed by atoms with van der Waals surface area (Å²) in [5, 5.41) is 2.74. The van der Waals surface area contributed by atoms with Gasteiger partial charge in [0.25, 0.3) is 5.56 Å². The number of nitrogens with two attached hydrogens (primary N) is 1. The third kappa shape index (κ3) is 4.14. The molecular weight excluding hydrogens is 278 g/mol. The standard InChI is InChI=1S/C13H19N3O3S/c1-8(7-19-3)15-11(17)6-16-9(2)4-5-10(12(14)20)13(16)18/h4-5,8H,6-7H2,1-3H3,(H2,14,20)(H,15,17). The molecule has 0 aromatic carbocycles. The van der Waals surface area contributed by atoms with E-state index in [-0.39, 0.29) is 34.6 Å². The SMILES string of the molecule is COCC(C)NC(=O)Cn1c(C)ccc(C(N)=S)c1=O. The minimum Gasteiger partial charge on any atom is -0.389 e. The van der Waals surface area contributed by atoms with E-state index in [2.05, 4.69) is 5.32 Å². The molecule has 1 aromatic rings. The van der Waals surface area contributed by atoms with Crippen LogP contribution in [-0.2, 0) is 16.1 Å². The Labute approximate surface area is 122 Å². The zero-order valence-corrected chi connectivity index (χ0v) is 12.6. The second-order valence-electron chi connectivity index (χ2n) is 4.57. The van der Waals surface area contributed by atoms with Crippen LogP contribution in [0.2, 0.25) is 0 Å². The van der Waals surface area contributed by atoms with Crippen LogP contribution in [0.15, 0.2) is 16.9 Å². The van der Waals surface area contributed by atoms with E-state index in [0.29, 0.717) is 12.3 Å². The molecule has 0 spiro atoms. The van der Waals surface area contributed by atoms with Crippen molar-refractivity contribution in [3.05, 3.63) is 33.7 Å². The van der Waals surface area contributed by atoms with Crippen molar-refractivity contribution >= 4 is 23.1 Å². The van der Waals surface area contributed by atoms with E-state index >= 15 is 0 Å². The number of hydrogen-bond donors (Lipinski definition) is 2. The number of nitrogens with zero attached hydrogens (tertiary/aromatic N) is 1. The van der Waals surface area contributed by atoms with Crippen molar-refractivity contribution in [1.29, 1.82) is 0 Å². The molecular formula is C13H19N3O3S. The van der Waals surface area contributed by atoms with Crippen LogP contribution >= 0.6 is 12.2 Å². The number of pyridine rings is 1. The molecule has 1 rings (SSSR count). The van der Waals surface area contributed by atoms with Gasteiger partial charge in [0.1, 0.15) is 11.5 Å². The third-order valence-corrected chi connectivity index (χ3v) is 3.00. The van der Waals surface area contributed by atoms with Gasteiger partial charge in [-0.2, -0.15) is 0 Å². The number of aromatic nitrogens is 1. The lowest BCUT2D eigenvalue weighted by Gasteiger charge is -2.15. The Balaban J connectivity index is 2.92. The van der Waals surface area contributed by atoms with E-state index in [9.17, 15) is 9.59 Å². The highest BCUT2D eigenvalue weighted by Crippen LogP contribution is 1.99. The first-order chi connectivity index (χ1) is 9.36. The van der Waals surface area contributed by atoms with E-state index < -0.39 is 0 Å². The van der Waals surface area contributed by atoms with Gasteiger partial charge in [0.2, 0.25) is 5.91 Å². The van der Waals surface area contributed by atoms with E-state index in [0.717, 1.165) is 0 Å². The number of aryl methyl sites for hydroxylation is 1. The Kier molecular flexibility index (Phi) is 5.84. The smallest absolute Gasteiger partial charge is 0.261 e. The first-order valence-corrected chi connectivity index (χ1v) is 6.56. The Morgan fingerprint density at radius 2 is 2.20 bits per heavy atom. The van der Waals surface area contributed by atoms with E-state index in [1.807, 2.05) is 6.92 Å². The maximum absolute atomic E-state index is 12.2. The normalized spacial score (nSPS) is 11.9. The number of hydrogen-bond acceptors (Lipinski definition) is 4. The summed E-state index contributed by atoms with van der Waals surface area (Å²) in [7, 11) is 1.56. The van der Waals surface area contributed by atoms with Crippen molar-refractivity contribution in [1.82, 2.24) is 9.88 Å². The third-order valence-electron chi connectivity index (χ3n) is 2.78. The molecule has 0 fully saturated rings. The molecule has 0 aliphatic heterocycles. The molecule has 0 aliphatic rings. The van der Waals surface area contributed by atoms with Gasteiger partial charge in [-0.3, -0.25) is 9.59 Å². The molecule has 20 heavy (non-hydrogen) atoms. The summed E-state index contributed by atoms with van der Waals surface area (Å²) in [6.07, 6.45) is 0. The molecule has 0 radical (unpaired) electrons. The molecule has 0 bridgehead atoms. The van der Waals surface area contributed by atoms with Crippen LogP contribution < -0.4 is 16.6 Å². The van der Waals surface area contributed by atoms with Crippen LogP contribution in [0.1, 0.15) is 18.2 Å². The number of ether oxygens (including phenoxy) is 1. The quantitative estimate of drug-likeness (QED) is 0.719. The van der Waals surface area contributed by atoms with Gasteiger partial charge in [0, 0.05) is 18.8 Å². The summed E-state index contributed by atoms with van der Waals surface area (Å²) < 4.78 is 6.29. The Morgan fingerprint density at radius 3 is 2.75 bits per heavy atom. The second-order valence-corrected chi connectivity index (χ2v) is 5.01. The first-order valence-electron chi connectivity index (χ1n) is 6.15. The summed E-state index contributed by atoms with van der Waals surface area (Å²) >= 11 is 4.82. The fourth-order valence-corrected chi connectivity index (χ4v) is 1.97. The van der Waals surface area contributed by atoms with Crippen molar-refractivity contribution in [2.75, 3.05) is 13.7 Å².